The van der Waals surface area contributed by atoms with Crippen molar-refractivity contribution in [1.82, 2.24) is 4.90 Å². The van der Waals surface area contributed by atoms with Gasteiger partial charge in [0, 0.05) is 19.0 Å². The first kappa shape index (κ1) is 9.00. The van der Waals surface area contributed by atoms with Crippen LogP contribution in [-0.4, -0.2) is 23.9 Å². The summed E-state index contributed by atoms with van der Waals surface area (Å²) in [6.07, 6.45) is 1.38. The summed E-state index contributed by atoms with van der Waals surface area (Å²) < 4.78 is 0. The van der Waals surface area contributed by atoms with Gasteiger partial charge in [0.2, 0.25) is 5.91 Å². The van der Waals surface area contributed by atoms with Crippen molar-refractivity contribution >= 4 is 5.91 Å². The molecule has 14 heavy (non-hydrogen) atoms. The summed E-state index contributed by atoms with van der Waals surface area (Å²) in [5, 5.41) is 0. The van der Waals surface area contributed by atoms with E-state index in [1.807, 2.05) is 23.1 Å². The van der Waals surface area contributed by atoms with Gasteiger partial charge in [0.25, 0.3) is 0 Å². The zero-order valence-corrected chi connectivity index (χ0v) is 8.02. The van der Waals surface area contributed by atoms with Crippen LogP contribution in [0.5, 0.6) is 0 Å². The maximum absolute atomic E-state index is 11.2. The Morgan fingerprint density at radius 1 is 1.36 bits per heavy atom. The fourth-order valence-electron chi connectivity index (χ4n) is 1.72. The molecule has 1 aliphatic heterocycles. The number of carbonyl (C=O) groups is 1. The molecule has 0 bridgehead atoms. The van der Waals surface area contributed by atoms with E-state index in [1.165, 1.54) is 11.6 Å². The van der Waals surface area contributed by atoms with E-state index in [-0.39, 0.29) is 5.91 Å². The average Bonchev–Trinajstić information content (AvgIpc) is 2.17. The summed E-state index contributed by atoms with van der Waals surface area (Å²) in [7, 11) is 0. The summed E-state index contributed by atoms with van der Waals surface area (Å²) in [5.74, 6) is 0.553. The molecule has 1 aliphatic rings. The van der Waals surface area contributed by atoms with Crippen LogP contribution >= 0.6 is 0 Å². The van der Waals surface area contributed by atoms with E-state index in [0.717, 1.165) is 13.1 Å². The molecule has 0 spiro atoms. The third-order valence-corrected chi connectivity index (χ3v) is 2.64. The van der Waals surface area contributed by atoms with Gasteiger partial charge in [-0.05, 0) is 11.6 Å². The van der Waals surface area contributed by atoms with Crippen molar-refractivity contribution in [2.24, 2.45) is 0 Å². The lowest BCUT2D eigenvalue weighted by molar-refractivity contribution is -0.130. The van der Waals surface area contributed by atoms with Gasteiger partial charge in [0.05, 0.1) is 0 Å². The van der Waals surface area contributed by atoms with Crippen LogP contribution in [0, 0.1) is 0 Å². The van der Waals surface area contributed by atoms with E-state index in [4.69, 9.17) is 0 Å². The monoisotopic (exact) mass is 187 g/mol. The molecule has 0 N–H and O–H groups in total. The van der Waals surface area contributed by atoms with E-state index in [0.29, 0.717) is 5.92 Å². The van der Waals surface area contributed by atoms with Crippen molar-refractivity contribution in [3.05, 3.63) is 48.6 Å². The molecule has 0 aromatic heterocycles. The Kier molecular flexibility index (Phi) is 2.35. The molecule has 0 atom stereocenters. The topological polar surface area (TPSA) is 20.3 Å². The highest BCUT2D eigenvalue weighted by Gasteiger charge is 2.29. The van der Waals surface area contributed by atoms with Gasteiger partial charge in [-0.1, -0.05) is 36.9 Å². The molecule has 1 heterocycles. The fourth-order valence-corrected chi connectivity index (χ4v) is 1.72. The normalized spacial score (nSPS) is 16.1. The van der Waals surface area contributed by atoms with E-state index in [2.05, 4.69) is 18.7 Å². The molecule has 72 valence electrons. The predicted octanol–water partition coefficient (Wildman–Crippen LogP) is 1.80. The van der Waals surface area contributed by atoms with Crippen LogP contribution < -0.4 is 0 Å². The lowest BCUT2D eigenvalue weighted by Gasteiger charge is -2.38. The Hall–Kier alpha value is -1.57. The van der Waals surface area contributed by atoms with Crippen LogP contribution in [-0.2, 0) is 4.79 Å². The number of hydrogen-bond acceptors (Lipinski definition) is 1. The maximum atomic E-state index is 11.2. The zero-order valence-electron chi connectivity index (χ0n) is 8.02. The van der Waals surface area contributed by atoms with Gasteiger partial charge in [-0.2, -0.15) is 0 Å². The molecular formula is C12H13NO. The van der Waals surface area contributed by atoms with Crippen LogP contribution in [0.15, 0.2) is 43.0 Å². The largest absolute Gasteiger partial charge is 0.338 e. The van der Waals surface area contributed by atoms with Gasteiger partial charge < -0.3 is 4.90 Å². The van der Waals surface area contributed by atoms with Crippen LogP contribution in [0.2, 0.25) is 0 Å². The van der Waals surface area contributed by atoms with Crippen molar-refractivity contribution in [3.63, 3.8) is 0 Å². The quantitative estimate of drug-likeness (QED) is 0.646. The molecule has 1 aromatic carbocycles. The summed E-state index contributed by atoms with van der Waals surface area (Å²) >= 11 is 0. The highest BCUT2D eigenvalue weighted by atomic mass is 16.2. The molecule has 2 nitrogen and oxygen atoms in total. The van der Waals surface area contributed by atoms with E-state index in [1.54, 1.807) is 0 Å². The van der Waals surface area contributed by atoms with Crippen molar-refractivity contribution in [3.8, 4) is 0 Å². The lowest BCUT2D eigenvalue weighted by atomic mass is 9.91. The van der Waals surface area contributed by atoms with E-state index in [9.17, 15) is 4.79 Å². The standard InChI is InChI=1S/C12H13NO/c1-2-12(14)13-8-11(9-13)10-6-4-3-5-7-10/h2-7,11H,1,8-9H2. The zero-order chi connectivity index (χ0) is 9.97. The molecule has 0 unspecified atom stereocenters. The first-order valence-electron chi connectivity index (χ1n) is 4.77. The summed E-state index contributed by atoms with van der Waals surface area (Å²) in [6.45, 7) is 5.13. The third kappa shape index (κ3) is 1.55. The molecule has 1 amide bonds. The Balaban J connectivity index is 1.95. The first-order chi connectivity index (χ1) is 6.81. The van der Waals surface area contributed by atoms with Crippen molar-refractivity contribution in [2.45, 2.75) is 5.92 Å². The SMILES string of the molecule is C=CC(=O)N1CC(c2ccccc2)C1. The Bertz CT molecular complexity index is 339. The number of amides is 1. The molecule has 0 radical (unpaired) electrons. The minimum absolute atomic E-state index is 0.0391. The molecule has 1 fully saturated rings. The van der Waals surface area contributed by atoms with E-state index >= 15 is 0 Å². The highest BCUT2D eigenvalue weighted by molar-refractivity contribution is 5.87. The minimum Gasteiger partial charge on any atom is -0.338 e. The van der Waals surface area contributed by atoms with E-state index < -0.39 is 0 Å². The summed E-state index contributed by atoms with van der Waals surface area (Å²) in [4.78, 5) is 13.0. The average molecular weight is 187 g/mol. The first-order valence-corrected chi connectivity index (χ1v) is 4.77. The predicted molar refractivity (Wildman–Crippen MR) is 56.0 cm³/mol. The van der Waals surface area contributed by atoms with Gasteiger partial charge in [0.15, 0.2) is 0 Å². The smallest absolute Gasteiger partial charge is 0.245 e. The second kappa shape index (κ2) is 3.66. The Morgan fingerprint density at radius 2 is 2.00 bits per heavy atom. The molecule has 0 aliphatic carbocycles. The molecule has 2 rings (SSSR count). The van der Waals surface area contributed by atoms with Gasteiger partial charge >= 0.3 is 0 Å². The highest BCUT2D eigenvalue weighted by Crippen LogP contribution is 2.26. The number of carbonyl (C=O) groups excluding carboxylic acids is 1. The molecule has 1 aromatic rings. The van der Waals surface area contributed by atoms with Crippen LogP contribution in [0.3, 0.4) is 0 Å². The maximum Gasteiger partial charge on any atom is 0.245 e. The van der Waals surface area contributed by atoms with Crippen LogP contribution in [0.4, 0.5) is 0 Å². The van der Waals surface area contributed by atoms with Crippen molar-refractivity contribution < 1.29 is 4.79 Å². The minimum atomic E-state index is 0.0391. The molecule has 0 saturated carbocycles. The van der Waals surface area contributed by atoms with Crippen LogP contribution in [0.25, 0.3) is 0 Å². The van der Waals surface area contributed by atoms with Gasteiger partial charge in [0.1, 0.15) is 0 Å². The summed E-state index contributed by atoms with van der Waals surface area (Å²) in [5.41, 5.74) is 1.32. The van der Waals surface area contributed by atoms with Crippen molar-refractivity contribution in [1.29, 1.82) is 0 Å². The van der Waals surface area contributed by atoms with Crippen LogP contribution in [0.1, 0.15) is 11.5 Å². The number of nitrogens with zero attached hydrogens (tertiary/aromatic N) is 1. The second-order valence-corrected chi connectivity index (χ2v) is 3.55. The van der Waals surface area contributed by atoms with Crippen molar-refractivity contribution in [2.75, 3.05) is 13.1 Å². The fraction of sp³-hybridized carbons (Fsp3) is 0.250. The Labute approximate surface area is 83.8 Å². The third-order valence-electron chi connectivity index (χ3n) is 2.64. The number of rotatable bonds is 2. The molecular weight excluding hydrogens is 174 g/mol. The summed E-state index contributed by atoms with van der Waals surface area (Å²) in [6, 6.07) is 10.3. The number of likely N-dealkylation sites (tertiary alicyclic amines) is 1. The van der Waals surface area contributed by atoms with Gasteiger partial charge in [-0.25, -0.2) is 0 Å². The van der Waals surface area contributed by atoms with Gasteiger partial charge in [-0.15, -0.1) is 0 Å². The number of benzene rings is 1. The molecule has 1 saturated heterocycles. The van der Waals surface area contributed by atoms with Gasteiger partial charge in [-0.3, -0.25) is 4.79 Å². The lowest BCUT2D eigenvalue weighted by Crippen LogP contribution is -2.47. The number of hydrogen-bond donors (Lipinski definition) is 0. The molecule has 2 heteroatoms. The second-order valence-electron chi connectivity index (χ2n) is 3.55. The Morgan fingerprint density at radius 3 is 2.57 bits per heavy atom.